The van der Waals surface area contributed by atoms with Crippen molar-refractivity contribution in [2.24, 2.45) is 0 Å². The summed E-state index contributed by atoms with van der Waals surface area (Å²) in [4.78, 5) is 2.02. The molecule has 0 saturated heterocycles. The molecule has 1 rings (SSSR count). The molecule has 116 valence electrons. The number of hydrogen-bond acceptors (Lipinski definition) is 5. The monoisotopic (exact) mass is 301 g/mol. The highest BCUT2D eigenvalue weighted by atomic mass is 32.2. The van der Waals surface area contributed by atoms with Gasteiger partial charge in [0, 0.05) is 18.8 Å². The lowest BCUT2D eigenvalue weighted by molar-refractivity contribution is 0.302. The average Bonchev–Trinajstić information content (AvgIpc) is 3.18. The molecule has 0 heterocycles. The van der Waals surface area contributed by atoms with Crippen molar-refractivity contribution < 1.29 is 8.42 Å². The Morgan fingerprint density at radius 3 is 2.50 bits per heavy atom. The molecule has 1 fully saturated rings. The van der Waals surface area contributed by atoms with E-state index in [4.69, 9.17) is 0 Å². The topological polar surface area (TPSA) is 73.2 Å². The highest BCUT2D eigenvalue weighted by Gasteiger charge is 2.34. The zero-order valence-electron chi connectivity index (χ0n) is 12.9. The van der Waals surface area contributed by atoms with E-state index in [-0.39, 0.29) is 5.75 Å². The van der Waals surface area contributed by atoms with E-state index >= 15 is 0 Å². The van der Waals surface area contributed by atoms with Crippen molar-refractivity contribution in [2.75, 3.05) is 32.1 Å². The van der Waals surface area contributed by atoms with Gasteiger partial charge >= 0.3 is 0 Å². The first-order valence-electron chi connectivity index (χ1n) is 7.35. The Labute approximate surface area is 123 Å². The van der Waals surface area contributed by atoms with Crippen molar-refractivity contribution in [1.29, 1.82) is 5.26 Å². The quantitative estimate of drug-likeness (QED) is 0.655. The molecular weight excluding hydrogens is 274 g/mol. The van der Waals surface area contributed by atoms with Crippen LogP contribution in [0.1, 0.15) is 39.0 Å². The Hall–Kier alpha value is -0.640. The number of sulfone groups is 1. The summed E-state index contributed by atoms with van der Waals surface area (Å²) in [5.41, 5.74) is -0.404. The number of rotatable bonds is 10. The smallest absolute Gasteiger partial charge is 0.148 e. The number of nitrogens with one attached hydrogen (secondary N) is 1. The van der Waals surface area contributed by atoms with Crippen molar-refractivity contribution in [3.05, 3.63) is 0 Å². The van der Waals surface area contributed by atoms with Crippen LogP contribution in [0.3, 0.4) is 0 Å². The summed E-state index contributed by atoms with van der Waals surface area (Å²) in [7, 11) is -0.966. The largest absolute Gasteiger partial charge is 0.305 e. The van der Waals surface area contributed by atoms with E-state index in [1.807, 2.05) is 18.9 Å². The molecule has 1 unspecified atom stereocenters. The van der Waals surface area contributed by atoms with Gasteiger partial charge in [-0.15, -0.1) is 0 Å². The molecule has 6 heteroatoms. The first kappa shape index (κ1) is 17.4. The summed E-state index contributed by atoms with van der Waals surface area (Å²) in [5.74, 6) is 0.195. The third kappa shape index (κ3) is 6.69. The van der Waals surface area contributed by atoms with Crippen LogP contribution in [0.5, 0.6) is 0 Å². The molecule has 0 amide bonds. The Morgan fingerprint density at radius 1 is 1.40 bits per heavy atom. The molecule has 0 radical (unpaired) electrons. The van der Waals surface area contributed by atoms with Crippen LogP contribution in [0.4, 0.5) is 0 Å². The molecule has 0 bridgehead atoms. The molecule has 20 heavy (non-hydrogen) atoms. The molecule has 0 spiro atoms. The fourth-order valence-corrected chi connectivity index (χ4v) is 2.86. The average molecular weight is 301 g/mol. The van der Waals surface area contributed by atoms with E-state index in [9.17, 15) is 13.7 Å². The number of hydrogen-bond donors (Lipinski definition) is 1. The Kier molecular flexibility index (Phi) is 6.44. The van der Waals surface area contributed by atoms with Crippen LogP contribution in [0.2, 0.25) is 0 Å². The minimum atomic E-state index is -2.90. The summed E-state index contributed by atoms with van der Waals surface area (Å²) in [6.45, 7) is 3.43. The maximum atomic E-state index is 11.1. The molecule has 0 aliphatic heterocycles. The molecule has 1 aliphatic carbocycles. The Balaban J connectivity index is 2.31. The van der Waals surface area contributed by atoms with Gasteiger partial charge < -0.3 is 4.90 Å². The summed E-state index contributed by atoms with van der Waals surface area (Å²) in [6.07, 6.45) is 6.15. The lowest BCUT2D eigenvalue weighted by atomic mass is 9.91. The zero-order valence-corrected chi connectivity index (χ0v) is 13.7. The summed E-state index contributed by atoms with van der Waals surface area (Å²) >= 11 is 0. The molecule has 1 atom stereocenters. The van der Waals surface area contributed by atoms with Crippen LogP contribution < -0.4 is 5.32 Å². The molecule has 5 nitrogen and oxygen atoms in total. The standard InChI is InChI=1S/C14H27N3O2S/c1-4-14(12-15,16-13-6-7-13)8-5-9-17(2)10-11-20(3,18)19/h13,16H,4-11H2,1-3H3. The molecule has 1 saturated carbocycles. The van der Waals surface area contributed by atoms with Gasteiger partial charge in [-0.1, -0.05) is 6.92 Å². The summed E-state index contributed by atoms with van der Waals surface area (Å²) < 4.78 is 22.2. The fourth-order valence-electron chi connectivity index (χ4n) is 2.22. The van der Waals surface area contributed by atoms with E-state index in [0.29, 0.717) is 12.6 Å². The maximum absolute atomic E-state index is 11.1. The molecule has 0 aromatic carbocycles. The van der Waals surface area contributed by atoms with E-state index in [1.165, 1.54) is 19.1 Å². The lowest BCUT2D eigenvalue weighted by Gasteiger charge is -2.27. The third-order valence-electron chi connectivity index (χ3n) is 3.86. The minimum Gasteiger partial charge on any atom is -0.305 e. The second-order valence-corrected chi connectivity index (χ2v) is 8.26. The lowest BCUT2D eigenvalue weighted by Crippen LogP contribution is -2.45. The van der Waals surface area contributed by atoms with Gasteiger partial charge in [-0.25, -0.2) is 8.42 Å². The molecule has 0 aromatic rings. The van der Waals surface area contributed by atoms with Gasteiger partial charge in [0.15, 0.2) is 0 Å². The zero-order chi connectivity index (χ0) is 15.2. The first-order valence-corrected chi connectivity index (χ1v) is 9.41. The predicted octanol–water partition coefficient (Wildman–Crippen LogP) is 1.17. The second kappa shape index (κ2) is 7.39. The van der Waals surface area contributed by atoms with Gasteiger partial charge in [-0.3, -0.25) is 5.32 Å². The van der Waals surface area contributed by atoms with Crippen LogP contribution in [-0.2, 0) is 9.84 Å². The van der Waals surface area contributed by atoms with Gasteiger partial charge in [0.1, 0.15) is 15.4 Å². The van der Waals surface area contributed by atoms with Crippen LogP contribution in [0.15, 0.2) is 0 Å². The van der Waals surface area contributed by atoms with Crippen molar-refractivity contribution in [3.63, 3.8) is 0 Å². The fraction of sp³-hybridized carbons (Fsp3) is 0.929. The van der Waals surface area contributed by atoms with Crippen LogP contribution in [0, 0.1) is 11.3 Å². The summed E-state index contributed by atoms with van der Waals surface area (Å²) in [5, 5.41) is 12.9. The van der Waals surface area contributed by atoms with Gasteiger partial charge in [0.05, 0.1) is 11.8 Å². The molecule has 1 aliphatic rings. The molecular formula is C14H27N3O2S. The van der Waals surface area contributed by atoms with Crippen LogP contribution in [-0.4, -0.2) is 57.0 Å². The van der Waals surface area contributed by atoms with Gasteiger partial charge in [0.2, 0.25) is 0 Å². The van der Waals surface area contributed by atoms with E-state index in [2.05, 4.69) is 11.4 Å². The van der Waals surface area contributed by atoms with Gasteiger partial charge in [-0.05, 0) is 45.7 Å². The normalized spacial score (nSPS) is 18.8. The SMILES string of the molecule is CCC(C#N)(CCCN(C)CCS(C)(=O)=O)NC1CC1. The number of nitrogens with zero attached hydrogens (tertiary/aromatic N) is 2. The second-order valence-electron chi connectivity index (χ2n) is 6.00. The van der Waals surface area contributed by atoms with E-state index < -0.39 is 15.4 Å². The Morgan fingerprint density at radius 2 is 2.05 bits per heavy atom. The minimum absolute atomic E-state index is 0.195. The third-order valence-corrected chi connectivity index (χ3v) is 4.79. The van der Waals surface area contributed by atoms with Crippen molar-refractivity contribution in [1.82, 2.24) is 10.2 Å². The van der Waals surface area contributed by atoms with E-state index in [1.54, 1.807) is 0 Å². The first-order chi connectivity index (χ1) is 9.30. The number of nitriles is 1. The van der Waals surface area contributed by atoms with Crippen molar-refractivity contribution in [3.8, 4) is 6.07 Å². The summed E-state index contributed by atoms with van der Waals surface area (Å²) in [6, 6.07) is 2.97. The highest BCUT2D eigenvalue weighted by molar-refractivity contribution is 7.90. The Bertz CT molecular complexity index is 440. The van der Waals surface area contributed by atoms with Crippen LogP contribution in [0.25, 0.3) is 0 Å². The predicted molar refractivity (Wildman–Crippen MR) is 81.2 cm³/mol. The molecule has 1 N–H and O–H groups in total. The van der Waals surface area contributed by atoms with Gasteiger partial charge in [0.25, 0.3) is 0 Å². The van der Waals surface area contributed by atoms with Gasteiger partial charge in [-0.2, -0.15) is 5.26 Å². The van der Waals surface area contributed by atoms with Crippen LogP contribution >= 0.6 is 0 Å². The highest BCUT2D eigenvalue weighted by Crippen LogP contribution is 2.26. The van der Waals surface area contributed by atoms with Crippen molar-refractivity contribution in [2.45, 2.75) is 50.6 Å². The molecule has 0 aromatic heterocycles. The van der Waals surface area contributed by atoms with Crippen molar-refractivity contribution >= 4 is 9.84 Å². The maximum Gasteiger partial charge on any atom is 0.148 e. The van der Waals surface area contributed by atoms with E-state index in [0.717, 1.165) is 25.8 Å².